The second kappa shape index (κ2) is 9.53. The summed E-state index contributed by atoms with van der Waals surface area (Å²) >= 11 is 5.86. The van der Waals surface area contributed by atoms with E-state index < -0.39 is 0 Å². The van der Waals surface area contributed by atoms with Crippen molar-refractivity contribution in [3.05, 3.63) is 77.5 Å². The minimum atomic E-state index is -0.223. The molecule has 2 amide bonds. The van der Waals surface area contributed by atoms with Gasteiger partial charge in [0.25, 0.3) is 11.8 Å². The van der Waals surface area contributed by atoms with Crippen molar-refractivity contribution in [2.24, 2.45) is 0 Å². The third kappa shape index (κ3) is 5.16. The summed E-state index contributed by atoms with van der Waals surface area (Å²) < 4.78 is 0. The molecule has 0 unspecified atom stereocenters. The second-order valence-corrected chi connectivity index (χ2v) is 7.53. The Hall–Kier alpha value is -3.52. The van der Waals surface area contributed by atoms with Gasteiger partial charge in [-0.1, -0.05) is 11.6 Å². The normalized spacial score (nSPS) is 14.1. The number of rotatable bonds is 4. The molecule has 4 rings (SSSR count). The number of amides is 2. The minimum Gasteiger partial charge on any atom is -0.355 e. The lowest BCUT2D eigenvalue weighted by Crippen LogP contribution is -2.35. The fraction of sp³-hybridized carbons (Fsp3) is 0.227. The molecule has 1 aliphatic heterocycles. The molecule has 1 fully saturated rings. The van der Waals surface area contributed by atoms with Crippen LogP contribution in [0.15, 0.2) is 61.2 Å². The Labute approximate surface area is 184 Å². The predicted molar refractivity (Wildman–Crippen MR) is 118 cm³/mol. The summed E-state index contributed by atoms with van der Waals surface area (Å²) in [5.74, 6) is 0.473. The fourth-order valence-electron chi connectivity index (χ4n) is 3.37. The summed E-state index contributed by atoms with van der Waals surface area (Å²) in [5.41, 5.74) is 1.49. The van der Waals surface area contributed by atoms with Gasteiger partial charge in [-0.15, -0.1) is 0 Å². The average molecular weight is 437 g/mol. The lowest BCUT2D eigenvalue weighted by molar-refractivity contribution is 0.0760. The number of carbonyl (C=O) groups excluding carboxylic acids is 2. The largest absolute Gasteiger partial charge is 0.355 e. The van der Waals surface area contributed by atoms with E-state index in [1.54, 1.807) is 41.6 Å². The summed E-state index contributed by atoms with van der Waals surface area (Å²) in [6.45, 7) is 2.68. The minimum absolute atomic E-state index is 0.108. The van der Waals surface area contributed by atoms with Gasteiger partial charge < -0.3 is 15.1 Å². The Morgan fingerprint density at radius 2 is 1.74 bits per heavy atom. The van der Waals surface area contributed by atoms with Crippen LogP contribution in [0.3, 0.4) is 0 Å². The first-order chi connectivity index (χ1) is 15.1. The molecule has 2 aromatic heterocycles. The van der Waals surface area contributed by atoms with Crippen molar-refractivity contribution >= 4 is 34.9 Å². The number of nitrogens with zero attached hydrogens (tertiary/aromatic N) is 5. The molecule has 0 bridgehead atoms. The Bertz CT molecular complexity index is 1040. The maximum Gasteiger partial charge on any atom is 0.274 e. The zero-order valence-electron chi connectivity index (χ0n) is 16.7. The first-order valence-corrected chi connectivity index (χ1v) is 10.3. The topological polar surface area (TPSA) is 91.3 Å². The Balaban J connectivity index is 1.36. The highest BCUT2D eigenvalue weighted by Crippen LogP contribution is 2.18. The van der Waals surface area contributed by atoms with Crippen LogP contribution in [0.25, 0.3) is 0 Å². The van der Waals surface area contributed by atoms with E-state index in [1.807, 2.05) is 12.1 Å². The molecule has 0 aliphatic carbocycles. The van der Waals surface area contributed by atoms with Crippen LogP contribution in [0.1, 0.15) is 27.3 Å². The van der Waals surface area contributed by atoms with Crippen molar-refractivity contribution in [2.75, 3.05) is 36.4 Å². The Kier molecular flexibility index (Phi) is 6.37. The molecule has 158 valence electrons. The van der Waals surface area contributed by atoms with Gasteiger partial charge in [-0.2, -0.15) is 0 Å². The molecule has 1 aromatic carbocycles. The summed E-state index contributed by atoms with van der Waals surface area (Å²) in [4.78, 5) is 41.5. The van der Waals surface area contributed by atoms with E-state index in [0.29, 0.717) is 41.6 Å². The number of halogens is 1. The number of hydrogen-bond acceptors (Lipinski definition) is 6. The van der Waals surface area contributed by atoms with Crippen LogP contribution in [-0.2, 0) is 0 Å². The molecule has 0 atom stereocenters. The predicted octanol–water partition coefficient (Wildman–Crippen LogP) is 3.13. The highest BCUT2D eigenvalue weighted by atomic mass is 35.5. The third-order valence-electron chi connectivity index (χ3n) is 5.00. The molecular weight excluding hydrogens is 416 g/mol. The van der Waals surface area contributed by atoms with Gasteiger partial charge in [0.2, 0.25) is 0 Å². The van der Waals surface area contributed by atoms with E-state index in [-0.39, 0.29) is 11.8 Å². The van der Waals surface area contributed by atoms with Gasteiger partial charge >= 0.3 is 0 Å². The van der Waals surface area contributed by atoms with Crippen molar-refractivity contribution < 1.29 is 9.59 Å². The first-order valence-electron chi connectivity index (χ1n) is 9.93. The van der Waals surface area contributed by atoms with Gasteiger partial charge in [0, 0.05) is 49.2 Å². The zero-order chi connectivity index (χ0) is 21.6. The van der Waals surface area contributed by atoms with Crippen molar-refractivity contribution in [3.63, 3.8) is 0 Å². The molecule has 1 aliphatic rings. The molecule has 0 spiro atoms. The van der Waals surface area contributed by atoms with Crippen molar-refractivity contribution in [3.8, 4) is 0 Å². The highest BCUT2D eigenvalue weighted by Gasteiger charge is 2.22. The summed E-state index contributed by atoms with van der Waals surface area (Å²) in [6, 6.07) is 10.4. The number of hydrogen-bond donors (Lipinski definition) is 1. The van der Waals surface area contributed by atoms with E-state index in [0.717, 1.165) is 18.8 Å². The molecule has 1 saturated heterocycles. The number of nitrogens with one attached hydrogen (secondary N) is 1. The SMILES string of the molecule is O=C(Nc1ccc(N2CCCN(C(=O)c3cnccn3)CC2)nc1)c1ccc(Cl)cc1. The molecular formula is C22H21ClN6O2. The van der Waals surface area contributed by atoms with Crippen LogP contribution in [0, 0.1) is 0 Å². The maximum absolute atomic E-state index is 12.6. The lowest BCUT2D eigenvalue weighted by Gasteiger charge is -2.22. The number of carbonyl (C=O) groups is 2. The van der Waals surface area contributed by atoms with Crippen LogP contribution in [0.2, 0.25) is 5.02 Å². The zero-order valence-corrected chi connectivity index (χ0v) is 17.5. The Morgan fingerprint density at radius 3 is 2.45 bits per heavy atom. The van der Waals surface area contributed by atoms with Gasteiger partial charge in [0.05, 0.1) is 18.1 Å². The quantitative estimate of drug-likeness (QED) is 0.675. The van der Waals surface area contributed by atoms with Crippen LogP contribution in [0.4, 0.5) is 11.5 Å². The lowest BCUT2D eigenvalue weighted by atomic mass is 10.2. The standard InChI is InChI=1S/C22H21ClN6O2/c23-17-4-2-16(3-5-17)21(30)27-18-6-7-20(26-14-18)28-10-1-11-29(13-12-28)22(31)19-15-24-8-9-25-19/h2-9,14-15H,1,10-13H2,(H,27,30). The molecule has 8 nitrogen and oxygen atoms in total. The van der Waals surface area contributed by atoms with Gasteiger partial charge in [0.15, 0.2) is 0 Å². The van der Waals surface area contributed by atoms with E-state index in [9.17, 15) is 9.59 Å². The molecule has 0 saturated carbocycles. The molecule has 31 heavy (non-hydrogen) atoms. The first kappa shape index (κ1) is 20.7. The average Bonchev–Trinajstić information content (AvgIpc) is 3.06. The third-order valence-corrected chi connectivity index (χ3v) is 5.25. The van der Waals surface area contributed by atoms with E-state index >= 15 is 0 Å². The van der Waals surface area contributed by atoms with Gasteiger partial charge in [-0.05, 0) is 42.8 Å². The molecule has 1 N–H and O–H groups in total. The maximum atomic E-state index is 12.6. The number of anilines is 2. The van der Waals surface area contributed by atoms with Crippen LogP contribution >= 0.6 is 11.6 Å². The Morgan fingerprint density at radius 1 is 0.903 bits per heavy atom. The van der Waals surface area contributed by atoms with Gasteiger partial charge in [-0.3, -0.25) is 14.6 Å². The summed E-state index contributed by atoms with van der Waals surface area (Å²) in [7, 11) is 0. The smallest absolute Gasteiger partial charge is 0.274 e. The second-order valence-electron chi connectivity index (χ2n) is 7.09. The number of benzene rings is 1. The van der Waals surface area contributed by atoms with Crippen molar-refractivity contribution in [1.29, 1.82) is 0 Å². The van der Waals surface area contributed by atoms with Crippen molar-refractivity contribution in [2.45, 2.75) is 6.42 Å². The molecule has 3 aromatic rings. The van der Waals surface area contributed by atoms with Crippen LogP contribution in [-0.4, -0.2) is 57.8 Å². The van der Waals surface area contributed by atoms with Crippen LogP contribution < -0.4 is 10.2 Å². The fourth-order valence-corrected chi connectivity index (χ4v) is 3.50. The number of pyridine rings is 1. The molecule has 3 heterocycles. The highest BCUT2D eigenvalue weighted by molar-refractivity contribution is 6.30. The summed E-state index contributed by atoms with van der Waals surface area (Å²) in [6.07, 6.45) is 7.02. The van der Waals surface area contributed by atoms with E-state index in [4.69, 9.17) is 11.6 Å². The van der Waals surface area contributed by atoms with E-state index in [1.165, 1.54) is 12.4 Å². The summed E-state index contributed by atoms with van der Waals surface area (Å²) in [5, 5.41) is 3.41. The molecule has 9 heteroatoms. The monoisotopic (exact) mass is 436 g/mol. The van der Waals surface area contributed by atoms with Crippen LogP contribution in [0.5, 0.6) is 0 Å². The van der Waals surface area contributed by atoms with Gasteiger partial charge in [0.1, 0.15) is 11.5 Å². The molecule has 0 radical (unpaired) electrons. The van der Waals surface area contributed by atoms with Gasteiger partial charge in [-0.25, -0.2) is 9.97 Å². The number of aromatic nitrogens is 3. The van der Waals surface area contributed by atoms with Crippen molar-refractivity contribution in [1.82, 2.24) is 19.9 Å². The van der Waals surface area contributed by atoms with E-state index in [2.05, 4.69) is 25.2 Å².